The Morgan fingerprint density at radius 2 is 2.20 bits per heavy atom. The molecule has 0 amide bonds. The summed E-state index contributed by atoms with van der Waals surface area (Å²) in [7, 11) is 0. The summed E-state index contributed by atoms with van der Waals surface area (Å²) in [6, 6.07) is 4.66. The minimum atomic E-state index is -0.664. The van der Waals surface area contributed by atoms with Gasteiger partial charge in [0, 0.05) is 6.07 Å². The molecular weight excluding hydrogens is 198 g/mol. The third-order valence-electron chi connectivity index (χ3n) is 2.04. The Bertz CT molecular complexity index is 389. The van der Waals surface area contributed by atoms with E-state index in [9.17, 15) is 14.9 Å². The monoisotopic (exact) mass is 208 g/mol. The first-order valence-electron chi connectivity index (χ1n) is 4.34. The highest BCUT2D eigenvalue weighted by Gasteiger charge is 2.19. The largest absolute Gasteiger partial charge is 0.449 e. The molecule has 0 saturated carbocycles. The summed E-state index contributed by atoms with van der Waals surface area (Å²) in [5.74, 6) is 0. The highest BCUT2D eigenvalue weighted by Crippen LogP contribution is 2.27. The molecule has 1 aromatic rings. The zero-order valence-electron chi connectivity index (χ0n) is 8.39. The lowest BCUT2D eigenvalue weighted by atomic mass is 10.1. The molecule has 1 unspecified atom stereocenters. The second-order valence-corrected chi connectivity index (χ2v) is 3.16. The zero-order chi connectivity index (χ0) is 11.4. The molecule has 0 aliphatic rings. The maximum Gasteiger partial charge on any atom is 0.418 e. The van der Waals surface area contributed by atoms with Crippen LogP contribution in [0.25, 0.3) is 0 Å². The Kier molecular flexibility index (Phi) is 3.38. The maximum absolute atomic E-state index is 10.7. The van der Waals surface area contributed by atoms with Crippen molar-refractivity contribution in [3.63, 3.8) is 0 Å². The highest BCUT2D eigenvalue weighted by atomic mass is 16.6. The molecule has 0 aliphatic carbocycles. The summed E-state index contributed by atoms with van der Waals surface area (Å²) in [6.07, 6.45) is -0.664. The Morgan fingerprint density at radius 1 is 1.53 bits per heavy atom. The van der Waals surface area contributed by atoms with Crippen LogP contribution in [-0.2, 0) is 9.53 Å². The van der Waals surface area contributed by atoms with Crippen LogP contribution >= 0.6 is 0 Å². The Balaban J connectivity index is 3.17. The standard InChI is InChI=1S/C10H10NO4/c1-7-3-4-10(11(13)14)9(5-7)8(2)15-6-12/h3-5,8H,1-2H3. The van der Waals surface area contributed by atoms with Gasteiger partial charge in [-0.05, 0) is 19.9 Å². The minimum Gasteiger partial charge on any atom is -0.449 e. The quantitative estimate of drug-likeness (QED) is 0.560. The number of aryl methyl sites for hydroxylation is 1. The van der Waals surface area contributed by atoms with Crippen LogP contribution < -0.4 is 0 Å². The topological polar surface area (TPSA) is 69.4 Å². The molecule has 1 rings (SSSR count). The van der Waals surface area contributed by atoms with Gasteiger partial charge in [-0.2, -0.15) is 0 Å². The fourth-order valence-electron chi connectivity index (χ4n) is 1.30. The molecule has 0 N–H and O–H groups in total. The van der Waals surface area contributed by atoms with Crippen molar-refractivity contribution >= 4 is 12.2 Å². The Hall–Kier alpha value is -1.91. The molecule has 0 bridgehead atoms. The second-order valence-electron chi connectivity index (χ2n) is 3.16. The molecule has 1 atom stereocenters. The molecule has 5 nitrogen and oxygen atoms in total. The Morgan fingerprint density at radius 3 is 2.73 bits per heavy atom. The van der Waals surface area contributed by atoms with Gasteiger partial charge in [-0.15, -0.1) is 0 Å². The van der Waals surface area contributed by atoms with Crippen molar-refractivity contribution in [2.45, 2.75) is 20.0 Å². The number of rotatable bonds is 4. The molecule has 1 aromatic carbocycles. The first-order chi connectivity index (χ1) is 7.06. The van der Waals surface area contributed by atoms with E-state index in [-0.39, 0.29) is 5.69 Å². The number of hydrogen-bond acceptors (Lipinski definition) is 4. The van der Waals surface area contributed by atoms with Crippen LogP contribution in [0.4, 0.5) is 5.69 Å². The molecule has 0 saturated heterocycles. The summed E-state index contributed by atoms with van der Waals surface area (Å²) in [6.45, 7) is 4.65. The normalized spacial score (nSPS) is 11.9. The molecular formula is C10H10NO4. The predicted molar refractivity (Wildman–Crippen MR) is 53.0 cm³/mol. The minimum absolute atomic E-state index is 0.0525. The summed E-state index contributed by atoms with van der Waals surface area (Å²) in [4.78, 5) is 20.2. The smallest absolute Gasteiger partial charge is 0.418 e. The fourth-order valence-corrected chi connectivity index (χ4v) is 1.30. The van der Waals surface area contributed by atoms with Gasteiger partial charge in [-0.25, -0.2) is 4.79 Å². The van der Waals surface area contributed by atoms with E-state index >= 15 is 0 Å². The SMILES string of the molecule is Cc1ccc([N+](=O)[O-])c(C(C)O[C]=O)c1. The lowest BCUT2D eigenvalue weighted by Crippen LogP contribution is -2.03. The highest BCUT2D eigenvalue weighted by molar-refractivity contribution is 5.46. The van der Waals surface area contributed by atoms with E-state index in [0.717, 1.165) is 5.56 Å². The van der Waals surface area contributed by atoms with Crippen LogP contribution in [0.1, 0.15) is 24.2 Å². The maximum atomic E-state index is 10.7. The number of ether oxygens (including phenoxy) is 1. The van der Waals surface area contributed by atoms with Crippen LogP contribution in [0.2, 0.25) is 0 Å². The van der Waals surface area contributed by atoms with Crippen LogP contribution in [0.5, 0.6) is 0 Å². The number of hydrogen-bond donors (Lipinski definition) is 0. The van der Waals surface area contributed by atoms with Crippen LogP contribution in [0.3, 0.4) is 0 Å². The van der Waals surface area contributed by atoms with Crippen molar-refractivity contribution in [3.8, 4) is 0 Å². The molecule has 0 spiro atoms. The number of nitrogens with zero attached hydrogens (tertiary/aromatic N) is 1. The van der Waals surface area contributed by atoms with E-state index in [1.165, 1.54) is 12.5 Å². The first kappa shape index (κ1) is 11.2. The van der Waals surface area contributed by atoms with Crippen molar-refractivity contribution in [3.05, 3.63) is 39.4 Å². The molecule has 79 valence electrons. The summed E-state index contributed by atoms with van der Waals surface area (Å²) < 4.78 is 4.56. The van der Waals surface area contributed by atoms with E-state index < -0.39 is 11.0 Å². The molecule has 0 fully saturated rings. The van der Waals surface area contributed by atoms with Crippen molar-refractivity contribution < 1.29 is 14.5 Å². The number of carbonyl (C=O) groups excluding carboxylic acids is 1. The van der Waals surface area contributed by atoms with E-state index in [1.54, 1.807) is 19.1 Å². The van der Waals surface area contributed by atoms with Crippen molar-refractivity contribution in [2.75, 3.05) is 0 Å². The lowest BCUT2D eigenvalue weighted by Gasteiger charge is -2.09. The van der Waals surface area contributed by atoms with Gasteiger partial charge in [0.2, 0.25) is 0 Å². The van der Waals surface area contributed by atoms with Gasteiger partial charge < -0.3 is 4.74 Å². The van der Waals surface area contributed by atoms with Gasteiger partial charge in [-0.1, -0.05) is 11.6 Å². The van der Waals surface area contributed by atoms with Gasteiger partial charge in [-0.3, -0.25) is 10.1 Å². The van der Waals surface area contributed by atoms with Crippen LogP contribution in [0, 0.1) is 17.0 Å². The zero-order valence-corrected chi connectivity index (χ0v) is 8.39. The summed E-state index contributed by atoms with van der Waals surface area (Å²) in [5, 5.41) is 10.7. The van der Waals surface area contributed by atoms with Gasteiger partial charge in [0.25, 0.3) is 5.69 Å². The van der Waals surface area contributed by atoms with Crippen LogP contribution in [-0.4, -0.2) is 11.4 Å². The van der Waals surface area contributed by atoms with Crippen molar-refractivity contribution in [2.24, 2.45) is 0 Å². The van der Waals surface area contributed by atoms with Gasteiger partial charge in [0.05, 0.1) is 10.5 Å². The summed E-state index contributed by atoms with van der Waals surface area (Å²) >= 11 is 0. The van der Waals surface area contributed by atoms with Gasteiger partial charge >= 0.3 is 6.47 Å². The molecule has 1 radical (unpaired) electrons. The number of nitro benzene ring substituents is 1. The third kappa shape index (κ3) is 2.52. The second kappa shape index (κ2) is 4.54. The van der Waals surface area contributed by atoms with Gasteiger partial charge in [0.15, 0.2) is 0 Å². The lowest BCUT2D eigenvalue weighted by molar-refractivity contribution is -0.386. The van der Waals surface area contributed by atoms with E-state index in [1.807, 2.05) is 6.92 Å². The summed E-state index contributed by atoms with van der Waals surface area (Å²) in [5.41, 5.74) is 1.20. The van der Waals surface area contributed by atoms with E-state index in [0.29, 0.717) is 5.56 Å². The molecule has 5 heteroatoms. The number of nitro groups is 1. The Labute approximate surface area is 86.8 Å². The average molecular weight is 208 g/mol. The van der Waals surface area contributed by atoms with Crippen molar-refractivity contribution in [1.82, 2.24) is 0 Å². The van der Waals surface area contributed by atoms with Crippen molar-refractivity contribution in [1.29, 1.82) is 0 Å². The van der Waals surface area contributed by atoms with E-state index in [4.69, 9.17) is 0 Å². The molecule has 0 heterocycles. The predicted octanol–water partition coefficient (Wildman–Crippen LogP) is 2.05. The van der Waals surface area contributed by atoms with Gasteiger partial charge in [0.1, 0.15) is 6.10 Å². The molecule has 15 heavy (non-hydrogen) atoms. The molecule has 0 aliphatic heterocycles. The third-order valence-corrected chi connectivity index (χ3v) is 2.04. The number of benzene rings is 1. The van der Waals surface area contributed by atoms with E-state index in [2.05, 4.69) is 4.74 Å². The average Bonchev–Trinajstić information content (AvgIpc) is 2.17. The molecule has 0 aromatic heterocycles. The first-order valence-corrected chi connectivity index (χ1v) is 4.34. The van der Waals surface area contributed by atoms with Crippen LogP contribution in [0.15, 0.2) is 18.2 Å². The fraction of sp³-hybridized carbons (Fsp3) is 0.300.